The molecule has 0 fully saturated rings. The first-order valence-electron chi connectivity index (χ1n) is 9.27. The Balaban J connectivity index is 1.53. The number of aryl methyl sites for hydroxylation is 1. The molecule has 1 aliphatic rings. The average Bonchev–Trinajstić information content (AvgIpc) is 2.98. The van der Waals surface area contributed by atoms with Crippen LogP contribution in [0.25, 0.3) is 10.9 Å². The number of fused-ring (bicyclic) bond motifs is 3. The highest BCUT2D eigenvalue weighted by Gasteiger charge is 2.24. The number of halogens is 1. The van der Waals surface area contributed by atoms with E-state index >= 15 is 0 Å². The van der Waals surface area contributed by atoms with Gasteiger partial charge in [0, 0.05) is 33.7 Å². The van der Waals surface area contributed by atoms with Gasteiger partial charge in [-0.3, -0.25) is 0 Å². The second kappa shape index (κ2) is 6.84. The highest BCUT2D eigenvalue weighted by molar-refractivity contribution is 9.10. The Morgan fingerprint density at radius 1 is 1.19 bits per heavy atom. The summed E-state index contributed by atoms with van der Waals surface area (Å²) >= 11 is 3.59. The molecule has 2 aromatic carbocycles. The molecule has 0 bridgehead atoms. The van der Waals surface area contributed by atoms with Gasteiger partial charge in [0.25, 0.3) is 0 Å². The summed E-state index contributed by atoms with van der Waals surface area (Å²) in [5, 5.41) is 15.2. The monoisotopic (exact) mass is 412 g/mol. The van der Waals surface area contributed by atoms with E-state index in [-0.39, 0.29) is 0 Å². The van der Waals surface area contributed by atoms with E-state index in [9.17, 15) is 5.11 Å². The van der Waals surface area contributed by atoms with Gasteiger partial charge >= 0.3 is 0 Å². The van der Waals surface area contributed by atoms with E-state index in [0.717, 1.165) is 29.4 Å². The van der Waals surface area contributed by atoms with Gasteiger partial charge in [0.05, 0.1) is 5.60 Å². The number of hydrogen-bond acceptors (Lipinski definition) is 2. The van der Waals surface area contributed by atoms with Crippen molar-refractivity contribution >= 4 is 26.8 Å². The van der Waals surface area contributed by atoms with Crippen molar-refractivity contribution in [1.29, 1.82) is 0 Å². The summed E-state index contributed by atoms with van der Waals surface area (Å²) in [6.45, 7) is 4.46. The predicted octanol–water partition coefficient (Wildman–Crippen LogP) is 5.33. The molecule has 26 heavy (non-hydrogen) atoms. The van der Waals surface area contributed by atoms with E-state index in [1.807, 2.05) is 26.0 Å². The number of rotatable bonds is 4. The molecule has 1 atom stereocenters. The van der Waals surface area contributed by atoms with Gasteiger partial charge in [0.15, 0.2) is 0 Å². The maximum absolute atomic E-state index is 10.1. The third-order valence-corrected chi connectivity index (χ3v) is 5.88. The quantitative estimate of drug-likeness (QED) is 0.542. The van der Waals surface area contributed by atoms with Crippen LogP contribution in [-0.4, -0.2) is 10.1 Å². The van der Waals surface area contributed by atoms with Gasteiger partial charge in [-0.1, -0.05) is 40.2 Å². The highest BCUT2D eigenvalue weighted by Crippen LogP contribution is 2.36. The lowest BCUT2D eigenvalue weighted by Crippen LogP contribution is -2.25. The summed E-state index contributed by atoms with van der Waals surface area (Å²) in [6, 6.07) is 15.1. The average molecular weight is 413 g/mol. The third-order valence-electron chi connectivity index (χ3n) is 5.38. The summed E-state index contributed by atoms with van der Waals surface area (Å²) < 4.78 is 1.13. The van der Waals surface area contributed by atoms with Crippen LogP contribution in [0.5, 0.6) is 0 Å². The van der Waals surface area contributed by atoms with E-state index in [1.165, 1.54) is 34.1 Å². The molecule has 3 N–H and O–H groups in total. The lowest BCUT2D eigenvalue weighted by Gasteiger charge is -2.24. The normalized spacial score (nSPS) is 17.5. The van der Waals surface area contributed by atoms with E-state index in [0.29, 0.717) is 6.04 Å². The Labute approximate surface area is 163 Å². The largest absolute Gasteiger partial charge is 0.386 e. The van der Waals surface area contributed by atoms with Crippen LogP contribution >= 0.6 is 15.9 Å². The lowest BCUT2D eigenvalue weighted by molar-refractivity contribution is 0.0786. The van der Waals surface area contributed by atoms with Crippen molar-refractivity contribution in [2.45, 2.75) is 51.3 Å². The SMILES string of the molecule is CC(C)(O)c1ccc(CNC2CCCc3c2[nH]c2ccc(Br)cc32)cc1. The van der Waals surface area contributed by atoms with Gasteiger partial charge in [-0.05, 0) is 68.0 Å². The van der Waals surface area contributed by atoms with Crippen molar-refractivity contribution in [3.63, 3.8) is 0 Å². The minimum atomic E-state index is -0.789. The van der Waals surface area contributed by atoms with Crippen molar-refractivity contribution in [2.75, 3.05) is 0 Å². The van der Waals surface area contributed by atoms with E-state index in [1.54, 1.807) is 0 Å². The van der Waals surface area contributed by atoms with Gasteiger partial charge in [0.2, 0.25) is 0 Å². The summed E-state index contributed by atoms with van der Waals surface area (Å²) in [6.07, 6.45) is 3.51. The highest BCUT2D eigenvalue weighted by atomic mass is 79.9. The smallest absolute Gasteiger partial charge is 0.0840 e. The van der Waals surface area contributed by atoms with Crippen LogP contribution in [0.4, 0.5) is 0 Å². The van der Waals surface area contributed by atoms with Gasteiger partial charge in [-0.15, -0.1) is 0 Å². The Morgan fingerprint density at radius 2 is 1.96 bits per heavy atom. The molecule has 0 spiro atoms. The molecule has 3 nitrogen and oxygen atoms in total. The van der Waals surface area contributed by atoms with Crippen LogP contribution in [-0.2, 0) is 18.6 Å². The minimum absolute atomic E-state index is 0.360. The van der Waals surface area contributed by atoms with Crippen LogP contribution in [0.1, 0.15) is 55.1 Å². The first-order valence-corrected chi connectivity index (χ1v) is 10.1. The number of hydrogen-bond donors (Lipinski definition) is 3. The first kappa shape index (κ1) is 17.8. The van der Waals surface area contributed by atoms with Crippen LogP contribution in [0.2, 0.25) is 0 Å². The maximum Gasteiger partial charge on any atom is 0.0840 e. The molecule has 0 amide bonds. The standard InChI is InChI=1S/C22H25BrN2O/c1-22(2,26)15-8-6-14(7-9-15)13-24-20-5-3-4-17-18-12-16(23)10-11-19(18)25-21(17)20/h6-12,20,24-26H,3-5,13H2,1-2H3. The van der Waals surface area contributed by atoms with E-state index < -0.39 is 5.60 Å². The van der Waals surface area contributed by atoms with Gasteiger partial charge in [-0.25, -0.2) is 0 Å². The predicted molar refractivity (Wildman–Crippen MR) is 110 cm³/mol. The Morgan fingerprint density at radius 3 is 2.69 bits per heavy atom. The molecule has 0 aliphatic heterocycles. The molecule has 0 saturated heterocycles. The Kier molecular flexibility index (Phi) is 4.68. The molecule has 1 unspecified atom stereocenters. The summed E-state index contributed by atoms with van der Waals surface area (Å²) in [7, 11) is 0. The fourth-order valence-electron chi connectivity index (χ4n) is 3.91. The molecule has 1 aliphatic carbocycles. The van der Waals surface area contributed by atoms with Gasteiger partial charge in [0.1, 0.15) is 0 Å². The second-order valence-corrected chi connectivity index (χ2v) is 8.70. The molecular weight excluding hydrogens is 388 g/mol. The lowest BCUT2D eigenvalue weighted by atomic mass is 9.91. The third kappa shape index (κ3) is 3.46. The zero-order valence-corrected chi connectivity index (χ0v) is 16.9. The van der Waals surface area contributed by atoms with Crippen LogP contribution in [0, 0.1) is 0 Å². The summed E-state index contributed by atoms with van der Waals surface area (Å²) in [5.41, 5.74) is 5.43. The zero-order chi connectivity index (χ0) is 18.3. The number of H-pyrrole nitrogens is 1. The van der Waals surface area contributed by atoms with Gasteiger partial charge < -0.3 is 15.4 Å². The summed E-state index contributed by atoms with van der Waals surface area (Å²) in [4.78, 5) is 3.64. The molecule has 1 aromatic heterocycles. The molecule has 136 valence electrons. The summed E-state index contributed by atoms with van der Waals surface area (Å²) in [5.74, 6) is 0. The zero-order valence-electron chi connectivity index (χ0n) is 15.3. The number of aliphatic hydroxyl groups is 1. The van der Waals surface area contributed by atoms with Crippen molar-refractivity contribution in [3.8, 4) is 0 Å². The van der Waals surface area contributed by atoms with Crippen LogP contribution in [0.3, 0.4) is 0 Å². The molecular formula is C22H25BrN2O. The van der Waals surface area contributed by atoms with Crippen LogP contribution in [0.15, 0.2) is 46.9 Å². The molecule has 4 heteroatoms. The van der Waals surface area contributed by atoms with Gasteiger partial charge in [-0.2, -0.15) is 0 Å². The molecule has 0 saturated carbocycles. The Hall–Kier alpha value is -1.62. The minimum Gasteiger partial charge on any atom is -0.386 e. The molecule has 3 aromatic rings. The van der Waals surface area contributed by atoms with Crippen LogP contribution < -0.4 is 5.32 Å². The fourth-order valence-corrected chi connectivity index (χ4v) is 4.27. The number of benzene rings is 2. The first-order chi connectivity index (χ1) is 12.4. The second-order valence-electron chi connectivity index (χ2n) is 7.79. The maximum atomic E-state index is 10.1. The molecule has 0 radical (unpaired) electrons. The number of aromatic nitrogens is 1. The van der Waals surface area contributed by atoms with Crippen molar-refractivity contribution in [2.24, 2.45) is 0 Å². The van der Waals surface area contributed by atoms with Crippen molar-refractivity contribution < 1.29 is 5.11 Å². The van der Waals surface area contributed by atoms with E-state index in [2.05, 4.69) is 56.6 Å². The number of aromatic amines is 1. The number of nitrogens with one attached hydrogen (secondary N) is 2. The Bertz CT molecular complexity index is 922. The van der Waals surface area contributed by atoms with E-state index in [4.69, 9.17) is 0 Å². The topological polar surface area (TPSA) is 48.0 Å². The van der Waals surface area contributed by atoms with Crippen molar-refractivity contribution in [3.05, 3.63) is 69.3 Å². The fraction of sp³-hybridized carbons (Fsp3) is 0.364. The molecule has 4 rings (SSSR count). The van der Waals surface area contributed by atoms with Crippen molar-refractivity contribution in [1.82, 2.24) is 10.3 Å². The molecule has 1 heterocycles.